The zero-order valence-corrected chi connectivity index (χ0v) is 14.6. The van der Waals surface area contributed by atoms with Gasteiger partial charge in [0.15, 0.2) is 15.6 Å². The Morgan fingerprint density at radius 1 is 1.21 bits per heavy atom. The minimum Gasteiger partial charge on any atom is -0.454 e. The summed E-state index contributed by atoms with van der Waals surface area (Å²) in [6.07, 6.45) is 3.03. The lowest BCUT2D eigenvalue weighted by Gasteiger charge is -2.16. The van der Waals surface area contributed by atoms with E-state index < -0.39 is 9.84 Å². The summed E-state index contributed by atoms with van der Waals surface area (Å²) in [5, 5.41) is 12.4. The first kappa shape index (κ1) is 17.8. The Hall–Kier alpha value is -2.52. The summed E-state index contributed by atoms with van der Waals surface area (Å²) >= 11 is 0. The van der Waals surface area contributed by atoms with Gasteiger partial charge in [-0.1, -0.05) is 31.5 Å². The molecule has 0 heterocycles. The van der Waals surface area contributed by atoms with Crippen molar-refractivity contribution in [2.45, 2.75) is 24.7 Å². The van der Waals surface area contributed by atoms with Crippen LogP contribution in [0.1, 0.15) is 25.3 Å². The minimum absolute atomic E-state index is 0.00408. The molecule has 0 unspecified atom stereocenters. The molecule has 1 N–H and O–H groups in total. The molecule has 2 rings (SSSR count). The second-order valence-corrected chi connectivity index (χ2v) is 7.41. The number of rotatable bonds is 7. The van der Waals surface area contributed by atoms with Crippen molar-refractivity contribution >= 4 is 15.5 Å². The van der Waals surface area contributed by atoms with Crippen LogP contribution in [0.25, 0.3) is 0 Å². The first-order chi connectivity index (χ1) is 11.5. The summed E-state index contributed by atoms with van der Waals surface area (Å²) in [4.78, 5) is 0.00408. The number of ether oxygens (including phenoxy) is 1. The number of hydrogen-bond acceptors (Lipinski definition) is 5. The highest BCUT2D eigenvalue weighted by molar-refractivity contribution is 7.90. The summed E-state index contributed by atoms with van der Waals surface area (Å²) < 4.78 is 30.2. The number of anilines is 1. The van der Waals surface area contributed by atoms with Gasteiger partial charge < -0.3 is 10.1 Å². The third-order valence-electron chi connectivity index (χ3n) is 3.39. The van der Waals surface area contributed by atoms with Crippen molar-refractivity contribution in [2.24, 2.45) is 0 Å². The molecule has 0 radical (unpaired) electrons. The van der Waals surface area contributed by atoms with Crippen molar-refractivity contribution in [1.29, 1.82) is 5.26 Å². The largest absolute Gasteiger partial charge is 0.454 e. The fourth-order valence-electron chi connectivity index (χ4n) is 2.19. The molecule has 126 valence electrons. The number of benzene rings is 2. The van der Waals surface area contributed by atoms with Gasteiger partial charge >= 0.3 is 0 Å². The van der Waals surface area contributed by atoms with E-state index >= 15 is 0 Å². The molecule has 0 atom stereocenters. The van der Waals surface area contributed by atoms with Gasteiger partial charge in [-0.3, -0.25) is 0 Å². The van der Waals surface area contributed by atoms with E-state index in [0.717, 1.165) is 19.1 Å². The van der Waals surface area contributed by atoms with Crippen LogP contribution in [0, 0.1) is 11.3 Å². The number of nitrogens with zero attached hydrogens (tertiary/aromatic N) is 1. The number of unbranched alkanes of at least 4 members (excludes halogenated alkanes) is 1. The van der Waals surface area contributed by atoms with E-state index in [1.54, 1.807) is 18.2 Å². The van der Waals surface area contributed by atoms with E-state index in [2.05, 4.69) is 12.2 Å². The van der Waals surface area contributed by atoms with Gasteiger partial charge in [0.2, 0.25) is 0 Å². The number of nitriles is 1. The zero-order valence-electron chi connectivity index (χ0n) is 13.7. The molecule has 0 saturated carbocycles. The van der Waals surface area contributed by atoms with Crippen molar-refractivity contribution in [2.75, 3.05) is 18.1 Å². The van der Waals surface area contributed by atoms with Crippen molar-refractivity contribution in [1.82, 2.24) is 0 Å². The topological polar surface area (TPSA) is 79.2 Å². The van der Waals surface area contributed by atoms with Crippen molar-refractivity contribution in [3.05, 3.63) is 48.0 Å². The SMILES string of the molecule is CCCCNc1cc(C#N)cc(S(C)(=O)=O)c1Oc1ccccc1. The molecule has 0 bridgehead atoms. The summed E-state index contributed by atoms with van der Waals surface area (Å²) in [7, 11) is -3.56. The Morgan fingerprint density at radius 2 is 1.92 bits per heavy atom. The lowest BCUT2D eigenvalue weighted by atomic mass is 10.2. The van der Waals surface area contributed by atoms with E-state index in [1.807, 2.05) is 24.3 Å². The molecule has 0 saturated heterocycles. The zero-order chi connectivity index (χ0) is 17.6. The van der Waals surface area contributed by atoms with Gasteiger partial charge in [-0.15, -0.1) is 0 Å². The Kier molecular flexibility index (Phi) is 5.83. The molecular formula is C18H20N2O3S. The van der Waals surface area contributed by atoms with Gasteiger partial charge in [-0.05, 0) is 30.7 Å². The molecule has 2 aromatic rings. The number of hydrogen-bond donors (Lipinski definition) is 1. The first-order valence-corrected chi connectivity index (χ1v) is 9.60. The summed E-state index contributed by atoms with van der Waals surface area (Å²) in [6.45, 7) is 2.73. The Balaban J connectivity index is 2.55. The molecule has 2 aromatic carbocycles. The van der Waals surface area contributed by atoms with Crippen LogP contribution in [-0.4, -0.2) is 21.2 Å². The maximum atomic E-state index is 12.2. The predicted octanol–water partition coefficient (Wildman–Crippen LogP) is 3.97. The van der Waals surface area contributed by atoms with Gasteiger partial charge in [0, 0.05) is 12.8 Å². The van der Waals surface area contributed by atoms with Crippen molar-refractivity contribution < 1.29 is 13.2 Å². The number of para-hydroxylation sites is 1. The molecule has 0 fully saturated rings. The van der Waals surface area contributed by atoms with Crippen molar-refractivity contribution in [3.63, 3.8) is 0 Å². The number of nitrogens with one attached hydrogen (secondary N) is 1. The highest BCUT2D eigenvalue weighted by atomic mass is 32.2. The van der Waals surface area contributed by atoms with Crippen LogP contribution in [0.2, 0.25) is 0 Å². The lowest BCUT2D eigenvalue weighted by molar-refractivity contribution is 0.469. The van der Waals surface area contributed by atoms with Crippen LogP contribution in [-0.2, 0) is 9.84 Å². The van der Waals surface area contributed by atoms with E-state index in [0.29, 0.717) is 18.0 Å². The van der Waals surface area contributed by atoms with E-state index in [1.165, 1.54) is 6.07 Å². The predicted molar refractivity (Wildman–Crippen MR) is 94.2 cm³/mol. The second kappa shape index (κ2) is 7.84. The summed E-state index contributed by atoms with van der Waals surface area (Å²) in [5.74, 6) is 0.754. The second-order valence-electron chi connectivity index (χ2n) is 5.43. The molecule has 0 amide bonds. The van der Waals surface area contributed by atoms with Gasteiger partial charge in [0.1, 0.15) is 10.6 Å². The minimum atomic E-state index is -3.56. The Morgan fingerprint density at radius 3 is 2.50 bits per heavy atom. The van der Waals surface area contributed by atoms with Gasteiger partial charge in [0.25, 0.3) is 0 Å². The average molecular weight is 344 g/mol. The summed E-state index contributed by atoms with van der Waals surface area (Å²) in [5.41, 5.74) is 0.779. The van der Waals surface area contributed by atoms with Crippen LogP contribution in [0.3, 0.4) is 0 Å². The van der Waals surface area contributed by atoms with Gasteiger partial charge in [0.05, 0.1) is 17.3 Å². The highest BCUT2D eigenvalue weighted by Gasteiger charge is 2.21. The summed E-state index contributed by atoms with van der Waals surface area (Å²) in [6, 6.07) is 13.9. The standard InChI is InChI=1S/C18H20N2O3S/c1-3-4-10-20-16-11-14(13-19)12-17(24(2,21)22)18(16)23-15-8-6-5-7-9-15/h5-9,11-12,20H,3-4,10H2,1-2H3. The molecular weight excluding hydrogens is 324 g/mol. The molecule has 0 spiro atoms. The molecule has 0 aliphatic carbocycles. The van der Waals surface area contributed by atoms with Crippen LogP contribution in [0.5, 0.6) is 11.5 Å². The Bertz CT molecular complexity index is 841. The molecule has 0 aliphatic rings. The average Bonchev–Trinajstić information content (AvgIpc) is 2.56. The third-order valence-corrected chi connectivity index (χ3v) is 4.49. The monoisotopic (exact) mass is 344 g/mol. The molecule has 6 heteroatoms. The molecule has 0 aromatic heterocycles. The molecule has 24 heavy (non-hydrogen) atoms. The molecule has 5 nitrogen and oxygen atoms in total. The first-order valence-electron chi connectivity index (χ1n) is 7.70. The number of sulfone groups is 1. The van der Waals surface area contributed by atoms with Crippen LogP contribution < -0.4 is 10.1 Å². The van der Waals surface area contributed by atoms with Crippen LogP contribution in [0.4, 0.5) is 5.69 Å². The third kappa shape index (κ3) is 4.49. The smallest absolute Gasteiger partial charge is 0.179 e. The Labute approximate surface area is 142 Å². The van der Waals surface area contributed by atoms with E-state index in [4.69, 9.17) is 4.74 Å². The van der Waals surface area contributed by atoms with E-state index in [-0.39, 0.29) is 16.2 Å². The lowest BCUT2D eigenvalue weighted by Crippen LogP contribution is -2.07. The quantitative estimate of drug-likeness (QED) is 0.769. The van der Waals surface area contributed by atoms with Gasteiger partial charge in [-0.25, -0.2) is 8.42 Å². The van der Waals surface area contributed by atoms with Crippen LogP contribution in [0.15, 0.2) is 47.4 Å². The van der Waals surface area contributed by atoms with Crippen molar-refractivity contribution in [3.8, 4) is 17.6 Å². The highest BCUT2D eigenvalue weighted by Crippen LogP contribution is 2.37. The fourth-order valence-corrected chi connectivity index (χ4v) is 3.01. The normalized spacial score (nSPS) is 10.9. The maximum Gasteiger partial charge on any atom is 0.179 e. The van der Waals surface area contributed by atoms with E-state index in [9.17, 15) is 13.7 Å². The fraction of sp³-hybridized carbons (Fsp3) is 0.278. The maximum absolute atomic E-state index is 12.2. The molecule has 0 aliphatic heterocycles. The van der Waals surface area contributed by atoms with Gasteiger partial charge in [-0.2, -0.15) is 5.26 Å². The van der Waals surface area contributed by atoms with Crippen LogP contribution >= 0.6 is 0 Å².